The monoisotopic (exact) mass is 263 g/mol. The van der Waals surface area contributed by atoms with Gasteiger partial charge in [-0.15, -0.1) is 0 Å². The third-order valence-electron chi connectivity index (χ3n) is 2.25. The zero-order valence-electron chi connectivity index (χ0n) is 10.3. The molecular formula is C12H16F3NO2. The highest BCUT2D eigenvalue weighted by atomic mass is 19.4. The first-order valence-electron chi connectivity index (χ1n) is 5.47. The zero-order valence-corrected chi connectivity index (χ0v) is 10.3. The number of nitrogens with one attached hydrogen (secondary N) is 1. The van der Waals surface area contributed by atoms with Crippen LogP contribution < -0.4 is 14.8 Å². The molecule has 0 fully saturated rings. The topological polar surface area (TPSA) is 30.5 Å². The van der Waals surface area contributed by atoms with Gasteiger partial charge in [-0.1, -0.05) is 6.07 Å². The lowest BCUT2D eigenvalue weighted by atomic mass is 10.2. The molecule has 0 aliphatic carbocycles. The Morgan fingerprint density at radius 1 is 1.22 bits per heavy atom. The highest BCUT2D eigenvalue weighted by Gasteiger charge is 2.27. The number of hydrogen-bond acceptors (Lipinski definition) is 3. The van der Waals surface area contributed by atoms with Crippen LogP contribution in [0, 0.1) is 0 Å². The van der Waals surface area contributed by atoms with E-state index in [1.807, 2.05) is 6.07 Å². The SMILES string of the molecule is CNCc1ccc(OC)c(OCCC(F)(F)F)c1. The highest BCUT2D eigenvalue weighted by molar-refractivity contribution is 5.42. The molecule has 1 aromatic rings. The summed E-state index contributed by atoms with van der Waals surface area (Å²) in [6.45, 7) is 0.197. The number of benzene rings is 1. The normalized spacial score (nSPS) is 11.4. The summed E-state index contributed by atoms with van der Waals surface area (Å²) in [6, 6.07) is 5.17. The van der Waals surface area contributed by atoms with Gasteiger partial charge in [-0.2, -0.15) is 13.2 Å². The van der Waals surface area contributed by atoms with E-state index in [0.29, 0.717) is 18.0 Å². The molecule has 0 bridgehead atoms. The molecule has 0 unspecified atom stereocenters. The van der Waals surface area contributed by atoms with E-state index in [1.165, 1.54) is 7.11 Å². The van der Waals surface area contributed by atoms with Crippen molar-refractivity contribution in [3.8, 4) is 11.5 Å². The van der Waals surface area contributed by atoms with Gasteiger partial charge in [0.25, 0.3) is 0 Å². The maximum Gasteiger partial charge on any atom is 0.392 e. The van der Waals surface area contributed by atoms with Crippen LogP contribution in [0.2, 0.25) is 0 Å². The van der Waals surface area contributed by atoms with E-state index in [0.717, 1.165) is 5.56 Å². The van der Waals surface area contributed by atoms with Crippen LogP contribution in [0.25, 0.3) is 0 Å². The molecule has 18 heavy (non-hydrogen) atoms. The van der Waals surface area contributed by atoms with E-state index in [9.17, 15) is 13.2 Å². The van der Waals surface area contributed by atoms with Gasteiger partial charge in [-0.05, 0) is 24.7 Å². The molecule has 0 saturated carbocycles. The Morgan fingerprint density at radius 3 is 2.50 bits per heavy atom. The minimum Gasteiger partial charge on any atom is -0.493 e. The van der Waals surface area contributed by atoms with Crippen molar-refractivity contribution >= 4 is 0 Å². The van der Waals surface area contributed by atoms with Crippen LogP contribution >= 0.6 is 0 Å². The van der Waals surface area contributed by atoms with Crippen molar-refractivity contribution in [2.24, 2.45) is 0 Å². The van der Waals surface area contributed by atoms with Crippen molar-refractivity contribution in [3.63, 3.8) is 0 Å². The van der Waals surface area contributed by atoms with E-state index in [-0.39, 0.29) is 0 Å². The summed E-state index contributed by atoms with van der Waals surface area (Å²) in [4.78, 5) is 0. The number of hydrogen-bond donors (Lipinski definition) is 1. The van der Waals surface area contributed by atoms with Crippen LogP contribution in [-0.2, 0) is 6.54 Å². The van der Waals surface area contributed by atoms with Crippen LogP contribution in [0.15, 0.2) is 18.2 Å². The minimum absolute atomic E-state index is 0.328. The smallest absolute Gasteiger partial charge is 0.392 e. The van der Waals surface area contributed by atoms with Gasteiger partial charge in [0.1, 0.15) is 0 Å². The molecule has 0 amide bonds. The molecule has 1 rings (SSSR count). The van der Waals surface area contributed by atoms with Crippen LogP contribution in [0.1, 0.15) is 12.0 Å². The average molecular weight is 263 g/mol. The summed E-state index contributed by atoms with van der Waals surface area (Å²) in [5.41, 5.74) is 0.917. The molecule has 0 atom stereocenters. The third-order valence-corrected chi connectivity index (χ3v) is 2.25. The van der Waals surface area contributed by atoms with E-state index >= 15 is 0 Å². The second kappa shape index (κ2) is 6.49. The van der Waals surface area contributed by atoms with Crippen molar-refractivity contribution in [3.05, 3.63) is 23.8 Å². The lowest BCUT2D eigenvalue weighted by Gasteiger charge is -2.13. The quantitative estimate of drug-likeness (QED) is 0.856. The number of halogens is 3. The molecule has 0 saturated heterocycles. The fraction of sp³-hybridized carbons (Fsp3) is 0.500. The first-order valence-corrected chi connectivity index (χ1v) is 5.47. The Morgan fingerprint density at radius 2 is 1.94 bits per heavy atom. The maximum atomic E-state index is 12.0. The number of ether oxygens (including phenoxy) is 2. The second-order valence-electron chi connectivity index (χ2n) is 3.73. The van der Waals surface area contributed by atoms with Crippen molar-refractivity contribution in [2.75, 3.05) is 20.8 Å². The van der Waals surface area contributed by atoms with Gasteiger partial charge in [-0.25, -0.2) is 0 Å². The third kappa shape index (κ3) is 4.83. The summed E-state index contributed by atoms with van der Waals surface area (Å²) in [7, 11) is 3.23. The van der Waals surface area contributed by atoms with E-state index < -0.39 is 19.2 Å². The van der Waals surface area contributed by atoms with Gasteiger partial charge in [-0.3, -0.25) is 0 Å². The fourth-order valence-corrected chi connectivity index (χ4v) is 1.42. The van der Waals surface area contributed by atoms with Crippen LogP contribution in [-0.4, -0.2) is 26.9 Å². The van der Waals surface area contributed by atoms with Gasteiger partial charge >= 0.3 is 6.18 Å². The van der Waals surface area contributed by atoms with Crippen molar-refractivity contribution in [1.29, 1.82) is 0 Å². The summed E-state index contributed by atoms with van der Waals surface area (Å²) in [6.07, 6.45) is -5.19. The van der Waals surface area contributed by atoms with E-state index in [2.05, 4.69) is 5.32 Å². The molecule has 3 nitrogen and oxygen atoms in total. The Labute approximate surface area is 104 Å². The highest BCUT2D eigenvalue weighted by Crippen LogP contribution is 2.29. The minimum atomic E-state index is -4.21. The number of rotatable bonds is 6. The van der Waals surface area contributed by atoms with Gasteiger partial charge in [0.05, 0.1) is 20.1 Å². The molecule has 0 radical (unpaired) electrons. The standard InChI is InChI=1S/C12H16F3NO2/c1-16-8-9-3-4-10(17-2)11(7-9)18-6-5-12(13,14)15/h3-4,7,16H,5-6,8H2,1-2H3. The molecule has 102 valence electrons. The largest absolute Gasteiger partial charge is 0.493 e. The van der Waals surface area contributed by atoms with E-state index in [1.54, 1.807) is 19.2 Å². The maximum absolute atomic E-state index is 12.0. The molecule has 6 heteroatoms. The Hall–Kier alpha value is -1.43. The van der Waals surface area contributed by atoms with Crippen LogP contribution in [0.5, 0.6) is 11.5 Å². The lowest BCUT2D eigenvalue weighted by Crippen LogP contribution is -2.13. The predicted octanol–water partition coefficient (Wildman–Crippen LogP) is 2.75. The molecule has 1 N–H and O–H groups in total. The Bertz CT molecular complexity index is 380. The van der Waals surface area contributed by atoms with Gasteiger partial charge in [0, 0.05) is 6.54 Å². The van der Waals surface area contributed by atoms with Crippen molar-refractivity contribution in [2.45, 2.75) is 19.1 Å². The Balaban J connectivity index is 2.69. The van der Waals surface area contributed by atoms with Crippen molar-refractivity contribution in [1.82, 2.24) is 5.32 Å². The van der Waals surface area contributed by atoms with Gasteiger partial charge < -0.3 is 14.8 Å². The summed E-state index contributed by atoms with van der Waals surface area (Å²) >= 11 is 0. The molecule has 1 aromatic carbocycles. The second-order valence-corrected chi connectivity index (χ2v) is 3.73. The lowest BCUT2D eigenvalue weighted by molar-refractivity contribution is -0.139. The van der Waals surface area contributed by atoms with Crippen LogP contribution in [0.3, 0.4) is 0 Å². The van der Waals surface area contributed by atoms with Crippen molar-refractivity contribution < 1.29 is 22.6 Å². The molecule has 0 aliphatic heterocycles. The number of methoxy groups -OCH3 is 1. The van der Waals surface area contributed by atoms with E-state index in [4.69, 9.17) is 9.47 Å². The Kier molecular flexibility index (Phi) is 5.27. The first-order chi connectivity index (χ1) is 8.46. The molecule has 0 spiro atoms. The molecule has 0 aliphatic rings. The van der Waals surface area contributed by atoms with Crippen LogP contribution in [0.4, 0.5) is 13.2 Å². The average Bonchev–Trinajstić information content (AvgIpc) is 2.28. The predicted molar refractivity (Wildman–Crippen MR) is 61.9 cm³/mol. The summed E-state index contributed by atoms with van der Waals surface area (Å²) in [5, 5.41) is 2.95. The number of alkyl halides is 3. The molecule has 0 aromatic heterocycles. The first kappa shape index (κ1) is 14.6. The zero-order chi connectivity index (χ0) is 13.6. The summed E-state index contributed by atoms with van der Waals surface area (Å²) < 4.78 is 46.2. The molecule has 0 heterocycles. The van der Waals surface area contributed by atoms with Gasteiger partial charge in [0.15, 0.2) is 11.5 Å². The van der Waals surface area contributed by atoms with Gasteiger partial charge in [0.2, 0.25) is 0 Å². The molecular weight excluding hydrogens is 247 g/mol. The summed E-state index contributed by atoms with van der Waals surface area (Å²) in [5.74, 6) is 0.756. The fourth-order valence-electron chi connectivity index (χ4n) is 1.42.